The largest absolute Gasteiger partial charge is 0.416 e. The van der Waals surface area contributed by atoms with Crippen molar-refractivity contribution < 1.29 is 26.3 Å². The molecule has 15 heavy (non-hydrogen) atoms. The lowest BCUT2D eigenvalue weighted by Gasteiger charge is -2.10. The van der Waals surface area contributed by atoms with Crippen molar-refractivity contribution in [1.82, 2.24) is 4.90 Å². The predicted molar refractivity (Wildman–Crippen MR) is 48.0 cm³/mol. The van der Waals surface area contributed by atoms with Gasteiger partial charge in [-0.25, -0.2) is 8.78 Å². The second-order valence-electron chi connectivity index (χ2n) is 2.17. The number of halogens is 6. The summed E-state index contributed by atoms with van der Waals surface area (Å²) in [5.41, 5.74) is 0. The minimum Gasteiger partial charge on any atom is -0.277 e. The van der Waals surface area contributed by atoms with E-state index in [2.05, 4.69) is 0 Å². The first-order chi connectivity index (χ1) is 6.91. The lowest BCUT2D eigenvalue weighted by atomic mass is 10.6. The van der Waals surface area contributed by atoms with E-state index in [0.29, 0.717) is 7.18 Å². The first kappa shape index (κ1) is 20.0. The van der Waals surface area contributed by atoms with Crippen LogP contribution in [0.1, 0.15) is 13.8 Å². The maximum Gasteiger partial charge on any atom is 0.416 e. The molecule has 0 atom stereocenters. The highest BCUT2D eigenvalue weighted by atomic mass is 19.4. The van der Waals surface area contributed by atoms with Gasteiger partial charge in [-0.2, -0.15) is 13.2 Å². The average Bonchev–Trinajstić information content (AvgIpc) is 2.23. The Morgan fingerprint density at radius 3 is 1.20 bits per heavy atom. The fourth-order valence-electron chi connectivity index (χ4n) is 0.393. The highest BCUT2D eigenvalue weighted by Gasteiger charge is 2.26. The smallest absolute Gasteiger partial charge is 0.277 e. The van der Waals surface area contributed by atoms with Crippen LogP contribution in [0.25, 0.3) is 0 Å². The molecule has 0 aliphatic rings. The molecule has 0 aromatic carbocycles. The van der Waals surface area contributed by atoms with E-state index in [1.807, 2.05) is 13.8 Å². The molecule has 0 bridgehead atoms. The SMILES string of the molecule is CCN(CC)CF.CF.FCC(F)(F)F. The van der Waals surface area contributed by atoms with Gasteiger partial charge in [-0.05, 0) is 13.1 Å². The maximum absolute atomic E-state index is 11.6. The van der Waals surface area contributed by atoms with Crippen LogP contribution in [0.5, 0.6) is 0 Å². The second kappa shape index (κ2) is 13.5. The van der Waals surface area contributed by atoms with Crippen molar-refractivity contribution in [3.8, 4) is 0 Å². The van der Waals surface area contributed by atoms with Crippen molar-refractivity contribution in [2.75, 3.05) is 33.7 Å². The molecule has 0 aliphatic heterocycles. The number of rotatable bonds is 3. The van der Waals surface area contributed by atoms with Gasteiger partial charge in [0.1, 0.15) is 6.80 Å². The van der Waals surface area contributed by atoms with Crippen LogP contribution < -0.4 is 0 Å². The Kier molecular flexibility index (Phi) is 18.1. The summed E-state index contributed by atoms with van der Waals surface area (Å²) in [5.74, 6) is 0. The molecule has 0 amide bonds. The van der Waals surface area contributed by atoms with Crippen molar-refractivity contribution in [2.24, 2.45) is 0 Å². The molecule has 0 spiro atoms. The van der Waals surface area contributed by atoms with Crippen LogP contribution in [0.2, 0.25) is 0 Å². The molecule has 96 valence electrons. The predicted octanol–water partition coefficient (Wildman–Crippen LogP) is 3.36. The van der Waals surface area contributed by atoms with Gasteiger partial charge in [0.15, 0.2) is 6.67 Å². The van der Waals surface area contributed by atoms with Crippen LogP contribution in [-0.4, -0.2) is 44.8 Å². The van der Waals surface area contributed by atoms with Gasteiger partial charge in [-0.3, -0.25) is 9.29 Å². The molecule has 0 saturated heterocycles. The third-order valence-corrected chi connectivity index (χ3v) is 1.21. The molecule has 0 N–H and O–H groups in total. The van der Waals surface area contributed by atoms with Crippen molar-refractivity contribution in [2.45, 2.75) is 20.0 Å². The van der Waals surface area contributed by atoms with Gasteiger partial charge >= 0.3 is 6.18 Å². The van der Waals surface area contributed by atoms with E-state index in [4.69, 9.17) is 0 Å². The zero-order valence-corrected chi connectivity index (χ0v) is 9.04. The molecule has 7 heteroatoms. The molecule has 1 nitrogen and oxygen atoms in total. The van der Waals surface area contributed by atoms with Crippen LogP contribution in [-0.2, 0) is 0 Å². The Hall–Kier alpha value is -0.460. The van der Waals surface area contributed by atoms with E-state index in [9.17, 15) is 26.3 Å². The van der Waals surface area contributed by atoms with E-state index in [0.717, 1.165) is 13.1 Å². The number of alkyl halides is 6. The molecule has 0 radical (unpaired) electrons. The Morgan fingerprint density at radius 2 is 1.20 bits per heavy atom. The molecule has 0 fully saturated rings. The molecule has 0 saturated carbocycles. The van der Waals surface area contributed by atoms with Gasteiger partial charge in [0, 0.05) is 0 Å². The maximum atomic E-state index is 11.6. The van der Waals surface area contributed by atoms with Crippen molar-refractivity contribution in [3.05, 3.63) is 0 Å². The third-order valence-electron chi connectivity index (χ3n) is 1.21. The lowest BCUT2D eigenvalue weighted by Crippen LogP contribution is -2.20. The quantitative estimate of drug-likeness (QED) is 0.541. The van der Waals surface area contributed by atoms with Crippen molar-refractivity contribution in [1.29, 1.82) is 0 Å². The van der Waals surface area contributed by atoms with Crippen LogP contribution >= 0.6 is 0 Å². The minimum absolute atomic E-state index is 0.312. The summed E-state index contributed by atoms with van der Waals surface area (Å²) in [5, 5.41) is 0. The standard InChI is InChI=1S/C5H12FN.C2H2F4.CH3F/c1-3-7(4-2)5-6;3-1-2(4,5)6;1-2/h3-5H2,1-2H3;1H2;1H3. The first-order valence-corrected chi connectivity index (χ1v) is 4.20. The fourth-order valence-corrected chi connectivity index (χ4v) is 0.393. The van der Waals surface area contributed by atoms with E-state index in [1.165, 1.54) is 0 Å². The summed E-state index contributed by atoms with van der Waals surface area (Å²) in [6.07, 6.45) is -4.62. The number of hydrogen-bond acceptors (Lipinski definition) is 1. The van der Waals surface area contributed by atoms with Gasteiger partial charge in [-0.1, -0.05) is 13.8 Å². The van der Waals surface area contributed by atoms with Crippen LogP contribution in [0.15, 0.2) is 0 Å². The summed E-state index contributed by atoms with van der Waals surface area (Å²) < 4.78 is 62.7. The van der Waals surface area contributed by atoms with Gasteiger partial charge in [0.2, 0.25) is 0 Å². The average molecular weight is 241 g/mol. The molecule has 0 aliphatic carbocycles. The molecule has 0 unspecified atom stereocenters. The molecular formula is C8H17F6N. The van der Waals surface area contributed by atoms with Gasteiger partial charge in [-0.15, -0.1) is 0 Å². The molecule has 0 heterocycles. The monoisotopic (exact) mass is 241 g/mol. The van der Waals surface area contributed by atoms with E-state index in [1.54, 1.807) is 4.90 Å². The highest BCUT2D eigenvalue weighted by Crippen LogP contribution is 2.13. The topological polar surface area (TPSA) is 3.24 Å². The van der Waals surface area contributed by atoms with Gasteiger partial charge in [0.25, 0.3) is 0 Å². The summed E-state index contributed by atoms with van der Waals surface area (Å²) in [4.78, 5) is 1.71. The van der Waals surface area contributed by atoms with Gasteiger partial charge in [0.05, 0.1) is 7.18 Å². The Morgan fingerprint density at radius 1 is 0.933 bits per heavy atom. The molecule has 0 rings (SSSR count). The Bertz CT molecular complexity index is 96.3. The molecular weight excluding hydrogens is 224 g/mol. The summed E-state index contributed by atoms with van der Waals surface area (Å²) in [6, 6.07) is 0. The normalized spacial score (nSPS) is 10.0. The van der Waals surface area contributed by atoms with Crippen molar-refractivity contribution in [3.63, 3.8) is 0 Å². The highest BCUT2D eigenvalue weighted by molar-refractivity contribution is 4.40. The Labute approximate surface area is 86.1 Å². The van der Waals surface area contributed by atoms with E-state index in [-0.39, 0.29) is 6.80 Å². The summed E-state index contributed by atoms with van der Waals surface area (Å²) in [6.45, 7) is 2.98. The van der Waals surface area contributed by atoms with Gasteiger partial charge < -0.3 is 0 Å². The van der Waals surface area contributed by atoms with Crippen LogP contribution in [0.4, 0.5) is 26.3 Å². The fraction of sp³-hybridized carbons (Fsp3) is 1.00. The number of hydrogen-bond donors (Lipinski definition) is 0. The van der Waals surface area contributed by atoms with E-state index < -0.39 is 12.9 Å². The Balaban J connectivity index is -0.000000166. The zero-order valence-electron chi connectivity index (χ0n) is 9.04. The summed E-state index contributed by atoms with van der Waals surface area (Å²) >= 11 is 0. The lowest BCUT2D eigenvalue weighted by molar-refractivity contribution is -0.142. The third kappa shape index (κ3) is 24.7. The van der Waals surface area contributed by atoms with E-state index >= 15 is 0 Å². The minimum atomic E-state index is -4.62. The van der Waals surface area contributed by atoms with Crippen LogP contribution in [0, 0.1) is 0 Å². The van der Waals surface area contributed by atoms with Crippen LogP contribution in [0.3, 0.4) is 0 Å². The molecule has 0 aromatic rings. The second-order valence-corrected chi connectivity index (χ2v) is 2.17. The zero-order chi connectivity index (χ0) is 12.9. The molecule has 0 aromatic heterocycles. The number of nitrogens with zero attached hydrogens (tertiary/aromatic N) is 1. The summed E-state index contributed by atoms with van der Waals surface area (Å²) in [7, 11) is 0.500. The van der Waals surface area contributed by atoms with Crippen molar-refractivity contribution >= 4 is 0 Å². The first-order valence-electron chi connectivity index (χ1n) is 4.20.